The van der Waals surface area contributed by atoms with E-state index in [4.69, 9.17) is 15.2 Å². The van der Waals surface area contributed by atoms with Crippen molar-refractivity contribution in [3.8, 4) is 5.75 Å². The van der Waals surface area contributed by atoms with Gasteiger partial charge in [-0.05, 0) is 19.1 Å². The first-order valence-corrected chi connectivity index (χ1v) is 8.93. The van der Waals surface area contributed by atoms with Gasteiger partial charge in [-0.15, -0.1) is 0 Å². The van der Waals surface area contributed by atoms with Crippen LogP contribution in [0, 0.1) is 0 Å². The molecule has 10 nitrogen and oxygen atoms in total. The number of carbonyl (C=O) groups is 1. The summed E-state index contributed by atoms with van der Waals surface area (Å²) in [5, 5.41) is 2.66. The second-order valence-corrected chi connectivity index (χ2v) is 6.45. The van der Waals surface area contributed by atoms with E-state index >= 15 is 0 Å². The smallest absolute Gasteiger partial charge is 0.326 e. The number of hydrogen-bond donors (Lipinski definition) is 4. The maximum Gasteiger partial charge on any atom is 0.326 e. The number of H-pyrrole nitrogens is 2. The van der Waals surface area contributed by atoms with Crippen LogP contribution in [0.15, 0.2) is 33.9 Å². The number of hydrogen-bond acceptors (Lipinski definition) is 7. The Kier molecular flexibility index (Phi) is 5.99. The van der Waals surface area contributed by atoms with Crippen molar-refractivity contribution in [2.45, 2.75) is 13.0 Å². The van der Waals surface area contributed by atoms with Gasteiger partial charge in [0.1, 0.15) is 23.7 Å². The third-order valence-corrected chi connectivity index (χ3v) is 4.29. The fourth-order valence-electron chi connectivity index (χ4n) is 2.87. The van der Waals surface area contributed by atoms with Gasteiger partial charge in [-0.1, -0.05) is 12.1 Å². The van der Waals surface area contributed by atoms with E-state index in [0.29, 0.717) is 19.0 Å². The fraction of sp³-hybridized carbons (Fsp3) is 0.389. The number of nitrogens with one attached hydrogen (secondary N) is 3. The van der Waals surface area contributed by atoms with Crippen molar-refractivity contribution in [3.05, 3.63) is 50.8 Å². The van der Waals surface area contributed by atoms with Crippen LogP contribution in [-0.4, -0.2) is 54.8 Å². The minimum atomic E-state index is -0.808. The molecule has 1 aromatic carbocycles. The Morgan fingerprint density at radius 3 is 2.75 bits per heavy atom. The minimum Gasteiger partial charge on any atom is -0.489 e. The van der Waals surface area contributed by atoms with Gasteiger partial charge in [-0.3, -0.25) is 14.6 Å². The zero-order valence-electron chi connectivity index (χ0n) is 15.5. The van der Waals surface area contributed by atoms with Crippen LogP contribution in [-0.2, 0) is 4.74 Å². The van der Waals surface area contributed by atoms with Crippen molar-refractivity contribution in [1.82, 2.24) is 15.3 Å². The van der Waals surface area contributed by atoms with E-state index in [-0.39, 0.29) is 18.0 Å². The summed E-state index contributed by atoms with van der Waals surface area (Å²) in [7, 11) is 0. The number of nitrogen functional groups attached to an aromatic ring is 1. The molecular formula is C18H23N5O5. The Hall–Kier alpha value is -3.27. The highest BCUT2D eigenvalue weighted by Crippen LogP contribution is 2.28. The summed E-state index contributed by atoms with van der Waals surface area (Å²) in [6.45, 7) is 4.83. The van der Waals surface area contributed by atoms with Crippen LogP contribution in [0.3, 0.4) is 0 Å². The lowest BCUT2D eigenvalue weighted by Crippen LogP contribution is -2.40. The summed E-state index contributed by atoms with van der Waals surface area (Å²) in [5.74, 6) is 0.0489. The maximum absolute atomic E-state index is 12.3. The third-order valence-electron chi connectivity index (χ3n) is 4.29. The van der Waals surface area contributed by atoms with Gasteiger partial charge in [-0.2, -0.15) is 0 Å². The Balaban J connectivity index is 1.64. The van der Waals surface area contributed by atoms with Crippen LogP contribution in [0.4, 0.5) is 11.4 Å². The second-order valence-electron chi connectivity index (χ2n) is 6.45. The van der Waals surface area contributed by atoms with Crippen molar-refractivity contribution in [1.29, 1.82) is 0 Å². The van der Waals surface area contributed by atoms with E-state index in [9.17, 15) is 14.4 Å². The number of nitrogens with zero attached hydrogens (tertiary/aromatic N) is 1. The summed E-state index contributed by atoms with van der Waals surface area (Å²) in [4.78, 5) is 41.6. The van der Waals surface area contributed by atoms with Crippen LogP contribution in [0.2, 0.25) is 0 Å². The summed E-state index contributed by atoms with van der Waals surface area (Å²) >= 11 is 0. The molecule has 1 atom stereocenters. The normalized spacial score (nSPS) is 15.1. The minimum absolute atomic E-state index is 0.195. The first-order chi connectivity index (χ1) is 13.5. The van der Waals surface area contributed by atoms with Crippen LogP contribution < -0.4 is 31.9 Å². The van der Waals surface area contributed by atoms with Gasteiger partial charge in [0.2, 0.25) is 0 Å². The predicted octanol–water partition coefficient (Wildman–Crippen LogP) is -0.321. The molecule has 1 saturated heterocycles. The first-order valence-electron chi connectivity index (χ1n) is 8.93. The van der Waals surface area contributed by atoms with Gasteiger partial charge in [0, 0.05) is 13.1 Å². The van der Waals surface area contributed by atoms with Gasteiger partial charge in [0.05, 0.1) is 24.9 Å². The molecule has 1 aliphatic heterocycles. The van der Waals surface area contributed by atoms with Gasteiger partial charge in [0.15, 0.2) is 0 Å². The Labute approximate surface area is 160 Å². The molecule has 5 N–H and O–H groups in total. The lowest BCUT2D eigenvalue weighted by atomic mass is 10.2. The number of morpholine rings is 1. The highest BCUT2D eigenvalue weighted by Gasteiger charge is 2.18. The molecule has 10 heteroatoms. The van der Waals surface area contributed by atoms with Crippen LogP contribution in [0.5, 0.6) is 5.75 Å². The molecule has 2 heterocycles. The van der Waals surface area contributed by atoms with E-state index in [1.807, 2.05) is 29.2 Å². The third kappa shape index (κ3) is 4.52. The molecule has 0 bridgehead atoms. The second kappa shape index (κ2) is 8.61. The summed E-state index contributed by atoms with van der Waals surface area (Å²) in [6.07, 6.45) is 0. The van der Waals surface area contributed by atoms with Crippen LogP contribution in [0.25, 0.3) is 0 Å². The Morgan fingerprint density at radius 1 is 1.29 bits per heavy atom. The number of para-hydroxylation sites is 2. The maximum atomic E-state index is 12.3. The number of ether oxygens (including phenoxy) is 2. The molecule has 28 heavy (non-hydrogen) atoms. The quantitative estimate of drug-likeness (QED) is 0.530. The van der Waals surface area contributed by atoms with Crippen LogP contribution in [0.1, 0.15) is 17.4 Å². The molecule has 3 rings (SSSR count). The molecule has 0 aliphatic carbocycles. The zero-order valence-corrected chi connectivity index (χ0v) is 15.5. The molecule has 150 valence electrons. The number of aromatic nitrogens is 2. The number of amides is 1. The number of rotatable bonds is 6. The van der Waals surface area contributed by atoms with Crippen molar-refractivity contribution in [3.63, 3.8) is 0 Å². The molecule has 0 radical (unpaired) electrons. The lowest BCUT2D eigenvalue weighted by molar-refractivity contribution is 0.0921. The number of aromatic amines is 2. The van der Waals surface area contributed by atoms with E-state index < -0.39 is 23.2 Å². The van der Waals surface area contributed by atoms with E-state index in [1.54, 1.807) is 6.92 Å². The molecule has 1 fully saturated rings. The lowest BCUT2D eigenvalue weighted by Gasteiger charge is -2.30. The first kappa shape index (κ1) is 19.5. The summed E-state index contributed by atoms with van der Waals surface area (Å²) < 4.78 is 11.3. The van der Waals surface area contributed by atoms with Crippen molar-refractivity contribution in [2.24, 2.45) is 0 Å². The topological polar surface area (TPSA) is 143 Å². The largest absolute Gasteiger partial charge is 0.489 e. The molecule has 1 aromatic heterocycles. The standard InChI is InChI=1S/C18H23N5O5/c1-11(20-17(25)15-14(19)16(24)22-18(26)21-15)10-28-13-5-3-2-4-12(13)23-6-8-27-9-7-23/h2-5,11H,6-10,19H2,1H3,(H,20,25)(H2,21,22,24,26)/t11-/m1/s1. The molecular weight excluding hydrogens is 366 g/mol. The summed E-state index contributed by atoms with van der Waals surface area (Å²) in [6, 6.07) is 7.27. The molecule has 0 unspecified atom stereocenters. The average molecular weight is 389 g/mol. The monoisotopic (exact) mass is 389 g/mol. The molecule has 1 aliphatic rings. The van der Waals surface area contributed by atoms with E-state index in [0.717, 1.165) is 18.8 Å². The molecule has 1 amide bonds. The number of benzene rings is 1. The Bertz CT molecular complexity index is 948. The number of nitrogens with two attached hydrogens (primary N) is 1. The van der Waals surface area contributed by atoms with Crippen molar-refractivity contribution in [2.75, 3.05) is 43.5 Å². The van der Waals surface area contributed by atoms with Gasteiger partial charge in [0.25, 0.3) is 11.5 Å². The van der Waals surface area contributed by atoms with E-state index in [1.165, 1.54) is 0 Å². The highest BCUT2D eigenvalue weighted by molar-refractivity contribution is 5.96. The number of anilines is 2. The van der Waals surface area contributed by atoms with Gasteiger partial charge < -0.3 is 30.4 Å². The van der Waals surface area contributed by atoms with Crippen molar-refractivity contribution >= 4 is 17.3 Å². The number of carbonyl (C=O) groups excluding carboxylic acids is 1. The molecule has 2 aromatic rings. The van der Waals surface area contributed by atoms with Gasteiger partial charge in [-0.25, -0.2) is 4.79 Å². The van der Waals surface area contributed by atoms with Gasteiger partial charge >= 0.3 is 5.69 Å². The predicted molar refractivity (Wildman–Crippen MR) is 104 cm³/mol. The average Bonchev–Trinajstić information content (AvgIpc) is 2.70. The SMILES string of the molecule is C[C@H](COc1ccccc1N1CCOCC1)NC(=O)c1[nH]c(=O)[nH]c(=O)c1N. The van der Waals surface area contributed by atoms with Crippen molar-refractivity contribution < 1.29 is 14.3 Å². The summed E-state index contributed by atoms with van der Waals surface area (Å²) in [5.41, 5.74) is 4.32. The van der Waals surface area contributed by atoms with E-state index in [2.05, 4.69) is 15.2 Å². The highest BCUT2D eigenvalue weighted by atomic mass is 16.5. The Morgan fingerprint density at radius 2 is 2.00 bits per heavy atom. The van der Waals surface area contributed by atoms with Crippen LogP contribution >= 0.6 is 0 Å². The fourth-order valence-corrected chi connectivity index (χ4v) is 2.87. The zero-order chi connectivity index (χ0) is 20.1. The molecule has 0 spiro atoms. The molecule has 0 saturated carbocycles.